The van der Waals surface area contributed by atoms with E-state index in [-0.39, 0.29) is 23.5 Å². The van der Waals surface area contributed by atoms with Crippen LogP contribution in [0.1, 0.15) is 41.9 Å². The number of pyridine rings is 1. The van der Waals surface area contributed by atoms with E-state index in [0.29, 0.717) is 23.4 Å². The summed E-state index contributed by atoms with van der Waals surface area (Å²) in [5.41, 5.74) is 1.53. The molecule has 0 aliphatic carbocycles. The van der Waals surface area contributed by atoms with Crippen molar-refractivity contribution in [3.63, 3.8) is 0 Å². The zero-order valence-electron chi connectivity index (χ0n) is 19.3. The number of unbranched alkanes of at least 4 members (excludes halogenated alkanes) is 1. The zero-order valence-corrected chi connectivity index (χ0v) is 21.0. The number of thiophene rings is 1. The highest BCUT2D eigenvalue weighted by atomic mass is 32.1. The van der Waals surface area contributed by atoms with Crippen LogP contribution in [-0.4, -0.2) is 35.8 Å². The molecule has 0 radical (unpaired) electrons. The Labute approximate surface area is 205 Å². The molecule has 0 spiro atoms. The predicted molar refractivity (Wildman–Crippen MR) is 136 cm³/mol. The summed E-state index contributed by atoms with van der Waals surface area (Å²) in [6.07, 6.45) is 3.48. The second-order valence-corrected chi connectivity index (χ2v) is 9.54. The second kappa shape index (κ2) is 10.8. The number of aromatic nitrogens is 2. The first-order valence-electron chi connectivity index (χ1n) is 11.1. The number of rotatable bonds is 10. The van der Waals surface area contributed by atoms with Gasteiger partial charge >= 0.3 is 5.97 Å². The lowest BCUT2D eigenvalue weighted by molar-refractivity contribution is 0.0523. The van der Waals surface area contributed by atoms with Gasteiger partial charge in [-0.2, -0.15) is 0 Å². The molecule has 0 amide bonds. The number of benzene rings is 1. The fourth-order valence-corrected chi connectivity index (χ4v) is 5.38. The van der Waals surface area contributed by atoms with E-state index in [1.54, 1.807) is 24.8 Å². The van der Waals surface area contributed by atoms with Gasteiger partial charge in [0.15, 0.2) is 0 Å². The highest BCUT2D eigenvalue weighted by Crippen LogP contribution is 2.32. The van der Waals surface area contributed by atoms with Crippen LogP contribution in [0.5, 0.6) is 11.5 Å². The van der Waals surface area contributed by atoms with Gasteiger partial charge in [0.05, 0.1) is 37.1 Å². The van der Waals surface area contributed by atoms with E-state index in [1.165, 1.54) is 22.7 Å². The lowest BCUT2D eigenvalue weighted by Crippen LogP contribution is -2.26. The first-order valence-corrected chi connectivity index (χ1v) is 12.8. The molecule has 9 heteroatoms. The molecule has 3 aromatic heterocycles. The van der Waals surface area contributed by atoms with Gasteiger partial charge in [0.2, 0.25) is 5.75 Å². The van der Waals surface area contributed by atoms with E-state index >= 15 is 0 Å². The van der Waals surface area contributed by atoms with Crippen LogP contribution in [0.15, 0.2) is 46.7 Å². The van der Waals surface area contributed by atoms with Gasteiger partial charge in [0, 0.05) is 16.6 Å². The van der Waals surface area contributed by atoms with Crippen molar-refractivity contribution in [1.29, 1.82) is 0 Å². The summed E-state index contributed by atoms with van der Waals surface area (Å²) in [5, 5.41) is 2.73. The zero-order chi connectivity index (χ0) is 24.1. The van der Waals surface area contributed by atoms with Gasteiger partial charge in [-0.1, -0.05) is 13.3 Å². The predicted octanol–water partition coefficient (Wildman–Crippen LogP) is 5.60. The lowest BCUT2D eigenvalue weighted by Gasteiger charge is -2.15. The maximum absolute atomic E-state index is 13.6. The third-order valence-corrected chi connectivity index (χ3v) is 7.21. The Balaban J connectivity index is 1.74. The summed E-state index contributed by atoms with van der Waals surface area (Å²) >= 11 is 2.92. The molecule has 0 aliphatic heterocycles. The number of hydrogen-bond donors (Lipinski definition) is 0. The number of fused-ring (bicyclic) bond motifs is 1. The minimum atomic E-state index is -0.537. The first-order chi connectivity index (χ1) is 16.6. The van der Waals surface area contributed by atoms with E-state index in [9.17, 15) is 9.59 Å². The molecule has 4 rings (SSSR count). The van der Waals surface area contributed by atoms with Gasteiger partial charge in [-0.15, -0.1) is 22.7 Å². The average Bonchev–Trinajstić information content (AvgIpc) is 3.52. The summed E-state index contributed by atoms with van der Waals surface area (Å²) in [6, 6.07) is 9.55. The van der Waals surface area contributed by atoms with Crippen molar-refractivity contribution >= 4 is 38.9 Å². The van der Waals surface area contributed by atoms with Crippen molar-refractivity contribution in [2.75, 3.05) is 20.3 Å². The Kier molecular flexibility index (Phi) is 7.64. The minimum absolute atomic E-state index is 0.0572. The average molecular weight is 499 g/mol. The summed E-state index contributed by atoms with van der Waals surface area (Å²) in [5.74, 6) is 0.302. The summed E-state index contributed by atoms with van der Waals surface area (Å²) in [7, 11) is 1.63. The lowest BCUT2D eigenvalue weighted by atomic mass is 10.2. The monoisotopic (exact) mass is 498 g/mol. The Morgan fingerprint density at radius 1 is 1.15 bits per heavy atom. The number of methoxy groups -OCH3 is 1. The number of hydrogen-bond acceptors (Lipinski definition) is 8. The van der Waals surface area contributed by atoms with Gasteiger partial charge in [-0.25, -0.2) is 9.78 Å². The third-order valence-electron chi connectivity index (χ3n) is 5.26. The molecule has 7 nitrogen and oxygen atoms in total. The van der Waals surface area contributed by atoms with Gasteiger partial charge < -0.3 is 14.2 Å². The quantitative estimate of drug-likeness (QED) is 0.209. The number of carbonyl (C=O) groups excluding carboxylic acids is 1. The molecule has 0 bridgehead atoms. The SMILES string of the molecule is CCCCOc1c(C(=O)OCC)c2sccc2n(Cc2cnc(-c3ccc(OC)cc3)s2)c1=O. The van der Waals surface area contributed by atoms with E-state index in [1.807, 2.05) is 42.6 Å². The maximum Gasteiger partial charge on any atom is 0.343 e. The number of nitrogens with zero attached hydrogens (tertiary/aromatic N) is 2. The Bertz CT molecular complexity index is 1340. The Morgan fingerprint density at radius 3 is 2.65 bits per heavy atom. The molecule has 0 aliphatic rings. The molecular formula is C25H26N2O5S2. The topological polar surface area (TPSA) is 79.7 Å². The highest BCUT2D eigenvalue weighted by Gasteiger charge is 2.26. The van der Waals surface area contributed by atoms with E-state index in [4.69, 9.17) is 14.2 Å². The molecule has 0 unspecified atom stereocenters. The molecule has 0 atom stereocenters. The molecule has 0 N–H and O–H groups in total. The Hall–Kier alpha value is -3.17. The summed E-state index contributed by atoms with van der Waals surface area (Å²) < 4.78 is 18.7. The van der Waals surface area contributed by atoms with Crippen molar-refractivity contribution in [1.82, 2.24) is 9.55 Å². The first kappa shape index (κ1) is 24.0. The minimum Gasteiger partial charge on any atom is -0.497 e. The van der Waals surface area contributed by atoms with Crippen molar-refractivity contribution in [2.24, 2.45) is 0 Å². The van der Waals surface area contributed by atoms with E-state index in [2.05, 4.69) is 4.98 Å². The maximum atomic E-state index is 13.6. The summed E-state index contributed by atoms with van der Waals surface area (Å²) in [6.45, 7) is 4.69. The number of ether oxygens (including phenoxy) is 3. The van der Waals surface area contributed by atoms with Crippen LogP contribution in [-0.2, 0) is 11.3 Å². The number of carbonyl (C=O) groups is 1. The molecule has 4 aromatic rings. The van der Waals surface area contributed by atoms with Crippen LogP contribution in [0, 0.1) is 0 Å². The fraction of sp³-hybridized carbons (Fsp3) is 0.320. The standard InChI is InChI=1S/C25H26N2O5S2/c1-4-6-12-32-21-20(25(29)31-5-2)22-19(11-13-33-22)27(24(21)28)15-18-14-26-23(34-18)16-7-9-17(30-3)10-8-16/h7-11,13-14H,4-6,12,15H2,1-3H3. The van der Waals surface area contributed by atoms with Crippen LogP contribution in [0.4, 0.5) is 0 Å². The molecule has 3 heterocycles. The number of thiazole rings is 1. The molecular weight excluding hydrogens is 472 g/mol. The van der Waals surface area contributed by atoms with Crippen LogP contribution in [0.3, 0.4) is 0 Å². The van der Waals surface area contributed by atoms with E-state index < -0.39 is 5.97 Å². The molecule has 0 fully saturated rings. The highest BCUT2D eigenvalue weighted by molar-refractivity contribution is 7.17. The third kappa shape index (κ3) is 4.85. The largest absolute Gasteiger partial charge is 0.497 e. The van der Waals surface area contributed by atoms with Crippen molar-refractivity contribution in [3.8, 4) is 22.1 Å². The van der Waals surface area contributed by atoms with Crippen LogP contribution >= 0.6 is 22.7 Å². The second-order valence-electron chi connectivity index (χ2n) is 7.51. The fourth-order valence-electron chi connectivity index (χ4n) is 3.55. The summed E-state index contributed by atoms with van der Waals surface area (Å²) in [4.78, 5) is 31.8. The smallest absolute Gasteiger partial charge is 0.343 e. The molecule has 178 valence electrons. The van der Waals surface area contributed by atoms with Gasteiger partial charge in [-0.05, 0) is 49.1 Å². The van der Waals surface area contributed by atoms with Crippen LogP contribution < -0.4 is 15.0 Å². The van der Waals surface area contributed by atoms with Gasteiger partial charge in [0.25, 0.3) is 5.56 Å². The molecule has 0 saturated carbocycles. The normalized spacial score (nSPS) is 11.0. The van der Waals surface area contributed by atoms with E-state index in [0.717, 1.165) is 34.0 Å². The van der Waals surface area contributed by atoms with Crippen LogP contribution in [0.25, 0.3) is 20.8 Å². The molecule has 1 aromatic carbocycles. The van der Waals surface area contributed by atoms with Gasteiger partial charge in [-0.3, -0.25) is 9.36 Å². The van der Waals surface area contributed by atoms with Gasteiger partial charge in [0.1, 0.15) is 16.3 Å². The van der Waals surface area contributed by atoms with Crippen LogP contribution in [0.2, 0.25) is 0 Å². The van der Waals surface area contributed by atoms with Crippen molar-refractivity contribution < 1.29 is 19.0 Å². The van der Waals surface area contributed by atoms with Crippen molar-refractivity contribution in [2.45, 2.75) is 33.2 Å². The molecule has 34 heavy (non-hydrogen) atoms. The molecule has 0 saturated heterocycles. The number of esters is 1. The Morgan fingerprint density at radius 2 is 1.94 bits per heavy atom. The van der Waals surface area contributed by atoms with Crippen molar-refractivity contribution in [3.05, 3.63) is 62.7 Å².